The zero-order valence-corrected chi connectivity index (χ0v) is 7.96. The molecular weight excluding hydrogens is 165 g/mol. The van der Waals surface area contributed by atoms with Crippen LogP contribution in [0.1, 0.15) is 25.3 Å². The van der Waals surface area contributed by atoms with E-state index in [0.717, 1.165) is 24.8 Å². The van der Waals surface area contributed by atoms with Gasteiger partial charge in [0, 0.05) is 6.04 Å². The van der Waals surface area contributed by atoms with Crippen molar-refractivity contribution in [2.45, 2.75) is 32.2 Å². The lowest BCUT2D eigenvalue weighted by Gasteiger charge is -2.09. The van der Waals surface area contributed by atoms with Crippen molar-refractivity contribution in [1.29, 1.82) is 0 Å². The molecule has 0 bridgehead atoms. The van der Waals surface area contributed by atoms with Crippen molar-refractivity contribution in [1.82, 2.24) is 0 Å². The lowest BCUT2D eigenvalue weighted by molar-refractivity contribution is 0.592. The van der Waals surface area contributed by atoms with Crippen LogP contribution in [0.4, 0.5) is 4.39 Å². The van der Waals surface area contributed by atoms with Gasteiger partial charge in [-0.2, -0.15) is 0 Å². The molecule has 1 nitrogen and oxygen atoms in total. The van der Waals surface area contributed by atoms with E-state index >= 15 is 0 Å². The average molecular weight is 181 g/mol. The molecule has 2 N–H and O–H groups in total. The van der Waals surface area contributed by atoms with Crippen molar-refractivity contribution in [3.05, 3.63) is 35.6 Å². The predicted octanol–water partition coefficient (Wildman–Crippen LogP) is 2.50. The van der Waals surface area contributed by atoms with Crippen LogP contribution in [0, 0.1) is 5.82 Å². The Morgan fingerprint density at radius 3 is 2.85 bits per heavy atom. The Hall–Kier alpha value is -0.890. The molecule has 0 unspecified atom stereocenters. The second-order valence-electron chi connectivity index (χ2n) is 3.38. The van der Waals surface area contributed by atoms with Gasteiger partial charge >= 0.3 is 0 Å². The molecule has 0 fully saturated rings. The second kappa shape index (κ2) is 4.97. The number of hydrogen-bond acceptors (Lipinski definition) is 1. The lowest BCUT2D eigenvalue weighted by atomic mass is 10.0. The fourth-order valence-corrected chi connectivity index (χ4v) is 1.44. The largest absolute Gasteiger partial charge is 0.327 e. The van der Waals surface area contributed by atoms with Crippen LogP contribution in [-0.2, 0) is 6.42 Å². The van der Waals surface area contributed by atoms with Crippen LogP contribution in [0.5, 0.6) is 0 Å². The molecule has 1 rings (SSSR count). The van der Waals surface area contributed by atoms with Crippen LogP contribution >= 0.6 is 0 Å². The maximum absolute atomic E-state index is 12.8. The molecule has 1 aromatic rings. The van der Waals surface area contributed by atoms with E-state index in [-0.39, 0.29) is 11.9 Å². The molecule has 13 heavy (non-hydrogen) atoms. The molecule has 0 radical (unpaired) electrons. The molecule has 0 saturated heterocycles. The molecule has 0 aliphatic carbocycles. The van der Waals surface area contributed by atoms with E-state index in [2.05, 4.69) is 6.92 Å². The van der Waals surface area contributed by atoms with Gasteiger partial charge in [-0.25, -0.2) is 4.39 Å². The number of nitrogens with two attached hydrogens (primary N) is 1. The molecule has 0 amide bonds. The zero-order chi connectivity index (χ0) is 9.68. The standard InChI is InChI=1S/C11H16FN/c1-2-4-11(13)8-9-5-3-6-10(12)7-9/h3,5-7,11H,2,4,8,13H2,1H3/t11-/m1/s1. The van der Waals surface area contributed by atoms with E-state index in [1.165, 1.54) is 6.07 Å². The Bertz CT molecular complexity index is 260. The van der Waals surface area contributed by atoms with Gasteiger partial charge < -0.3 is 5.73 Å². The SMILES string of the molecule is CCC[C@@H](N)Cc1cccc(F)c1. The Morgan fingerprint density at radius 1 is 1.46 bits per heavy atom. The summed E-state index contributed by atoms with van der Waals surface area (Å²) in [6, 6.07) is 6.80. The van der Waals surface area contributed by atoms with Crippen molar-refractivity contribution in [3.8, 4) is 0 Å². The minimum absolute atomic E-state index is 0.159. The van der Waals surface area contributed by atoms with Crippen LogP contribution in [0.15, 0.2) is 24.3 Å². The van der Waals surface area contributed by atoms with E-state index in [1.54, 1.807) is 12.1 Å². The van der Waals surface area contributed by atoms with E-state index in [4.69, 9.17) is 5.73 Å². The van der Waals surface area contributed by atoms with Crippen molar-refractivity contribution in [2.75, 3.05) is 0 Å². The molecule has 0 heterocycles. The topological polar surface area (TPSA) is 26.0 Å². The van der Waals surface area contributed by atoms with Crippen molar-refractivity contribution in [2.24, 2.45) is 5.73 Å². The minimum Gasteiger partial charge on any atom is -0.327 e. The summed E-state index contributed by atoms with van der Waals surface area (Å²) in [6.45, 7) is 2.10. The van der Waals surface area contributed by atoms with Gasteiger partial charge in [0.1, 0.15) is 5.82 Å². The van der Waals surface area contributed by atoms with E-state index in [0.29, 0.717) is 0 Å². The fraction of sp³-hybridized carbons (Fsp3) is 0.455. The van der Waals surface area contributed by atoms with E-state index < -0.39 is 0 Å². The summed E-state index contributed by atoms with van der Waals surface area (Å²) in [7, 11) is 0. The lowest BCUT2D eigenvalue weighted by Crippen LogP contribution is -2.22. The van der Waals surface area contributed by atoms with Gasteiger partial charge in [0.15, 0.2) is 0 Å². The highest BCUT2D eigenvalue weighted by atomic mass is 19.1. The second-order valence-corrected chi connectivity index (χ2v) is 3.38. The third kappa shape index (κ3) is 3.55. The van der Waals surface area contributed by atoms with E-state index in [9.17, 15) is 4.39 Å². The van der Waals surface area contributed by atoms with Gasteiger partial charge in [-0.3, -0.25) is 0 Å². The van der Waals surface area contributed by atoms with Crippen LogP contribution in [0.2, 0.25) is 0 Å². The summed E-state index contributed by atoms with van der Waals surface area (Å²) in [5, 5.41) is 0. The van der Waals surface area contributed by atoms with Gasteiger partial charge in [0.25, 0.3) is 0 Å². The number of halogens is 1. The third-order valence-electron chi connectivity index (χ3n) is 2.05. The first kappa shape index (κ1) is 10.2. The van der Waals surface area contributed by atoms with Gasteiger partial charge in [0.2, 0.25) is 0 Å². The summed E-state index contributed by atoms with van der Waals surface area (Å²) in [6.07, 6.45) is 2.85. The highest BCUT2D eigenvalue weighted by molar-refractivity contribution is 5.17. The molecule has 2 heteroatoms. The van der Waals surface area contributed by atoms with Crippen molar-refractivity contribution >= 4 is 0 Å². The van der Waals surface area contributed by atoms with Gasteiger partial charge in [-0.05, 0) is 30.5 Å². The van der Waals surface area contributed by atoms with Gasteiger partial charge in [-0.15, -0.1) is 0 Å². The first-order valence-electron chi connectivity index (χ1n) is 4.72. The summed E-state index contributed by atoms with van der Waals surface area (Å²) in [5.74, 6) is -0.179. The van der Waals surface area contributed by atoms with Crippen molar-refractivity contribution < 1.29 is 4.39 Å². The maximum atomic E-state index is 12.8. The molecule has 0 spiro atoms. The monoisotopic (exact) mass is 181 g/mol. The molecule has 1 aromatic carbocycles. The molecule has 0 saturated carbocycles. The molecule has 0 aliphatic heterocycles. The third-order valence-corrected chi connectivity index (χ3v) is 2.05. The Morgan fingerprint density at radius 2 is 2.23 bits per heavy atom. The Labute approximate surface area is 78.8 Å². The first-order chi connectivity index (χ1) is 6.22. The minimum atomic E-state index is -0.179. The van der Waals surface area contributed by atoms with Crippen LogP contribution < -0.4 is 5.73 Å². The molecule has 0 aliphatic rings. The van der Waals surface area contributed by atoms with Crippen LogP contribution in [0.25, 0.3) is 0 Å². The normalized spacial score (nSPS) is 12.8. The molecular formula is C11H16FN. The summed E-state index contributed by atoms with van der Waals surface area (Å²) in [4.78, 5) is 0. The highest BCUT2D eigenvalue weighted by Gasteiger charge is 2.02. The van der Waals surface area contributed by atoms with E-state index in [1.807, 2.05) is 6.07 Å². The summed E-state index contributed by atoms with van der Waals surface area (Å²) < 4.78 is 12.8. The molecule has 1 atom stereocenters. The number of benzene rings is 1. The maximum Gasteiger partial charge on any atom is 0.123 e. The number of rotatable bonds is 4. The first-order valence-corrected chi connectivity index (χ1v) is 4.72. The van der Waals surface area contributed by atoms with Crippen LogP contribution in [-0.4, -0.2) is 6.04 Å². The highest BCUT2D eigenvalue weighted by Crippen LogP contribution is 2.07. The summed E-state index contributed by atoms with van der Waals surface area (Å²) >= 11 is 0. The summed E-state index contributed by atoms with van der Waals surface area (Å²) in [5.41, 5.74) is 6.83. The van der Waals surface area contributed by atoms with Crippen molar-refractivity contribution in [3.63, 3.8) is 0 Å². The van der Waals surface area contributed by atoms with Gasteiger partial charge in [0.05, 0.1) is 0 Å². The number of hydrogen-bond donors (Lipinski definition) is 1. The fourth-order valence-electron chi connectivity index (χ4n) is 1.44. The Kier molecular flexibility index (Phi) is 3.90. The van der Waals surface area contributed by atoms with Gasteiger partial charge in [-0.1, -0.05) is 25.5 Å². The Balaban J connectivity index is 2.53. The molecule has 0 aromatic heterocycles. The molecule has 72 valence electrons. The predicted molar refractivity (Wildman–Crippen MR) is 53.0 cm³/mol. The zero-order valence-electron chi connectivity index (χ0n) is 7.96. The quantitative estimate of drug-likeness (QED) is 0.758. The average Bonchev–Trinajstić information content (AvgIpc) is 2.04. The smallest absolute Gasteiger partial charge is 0.123 e. The van der Waals surface area contributed by atoms with Crippen LogP contribution in [0.3, 0.4) is 0 Å².